The predicted octanol–water partition coefficient (Wildman–Crippen LogP) is 4.76. The highest BCUT2D eigenvalue weighted by atomic mass is 16.5. The summed E-state index contributed by atoms with van der Waals surface area (Å²) < 4.78 is 6.25. The molecule has 3 aliphatic rings. The van der Waals surface area contributed by atoms with Crippen LogP contribution in [0.2, 0.25) is 0 Å². The van der Waals surface area contributed by atoms with E-state index in [1.165, 1.54) is 28.4 Å². The van der Waals surface area contributed by atoms with Crippen molar-refractivity contribution < 1.29 is 4.74 Å². The van der Waals surface area contributed by atoms with Crippen LogP contribution in [0.1, 0.15) is 36.9 Å². The standard InChI is InChI=1S/C29H34N6O/c1-30-16-21-8-6-15-34(17-21)28-25-18-35(27-13-5-10-22-9-3-4-12-24(22)27)19-26(25)31-29(32-28)36-20-23-11-7-14-33(23)2/h3-5,9-10,12-13,21,23H,6-8,11,14-20H2,2H3/t21-,23-/m0/s1. The number of rotatable bonds is 6. The van der Waals surface area contributed by atoms with Crippen molar-refractivity contribution >= 4 is 22.3 Å². The fourth-order valence-corrected chi connectivity index (χ4v) is 6.09. The molecule has 0 aliphatic carbocycles. The summed E-state index contributed by atoms with van der Waals surface area (Å²) in [6, 6.07) is 16.0. The summed E-state index contributed by atoms with van der Waals surface area (Å²) in [6.07, 6.45) is 4.59. The number of benzene rings is 2. The Morgan fingerprint density at radius 2 is 1.86 bits per heavy atom. The summed E-state index contributed by atoms with van der Waals surface area (Å²) >= 11 is 0. The van der Waals surface area contributed by atoms with Crippen LogP contribution in [0.15, 0.2) is 42.5 Å². The van der Waals surface area contributed by atoms with Gasteiger partial charge in [0.05, 0.1) is 12.2 Å². The second-order valence-corrected chi connectivity index (χ2v) is 10.5. The van der Waals surface area contributed by atoms with Crippen molar-refractivity contribution in [3.8, 4) is 6.01 Å². The molecule has 0 radical (unpaired) electrons. The highest BCUT2D eigenvalue weighted by Crippen LogP contribution is 2.38. The molecule has 7 heteroatoms. The molecule has 3 aromatic rings. The SMILES string of the molecule is [C-]#[N+]C[C@@H]1CCCN(c2nc(OC[C@@H]3CCCN3C)nc3c2CN(c2cccc4ccccc24)C3)C1. The van der Waals surface area contributed by atoms with E-state index in [0.29, 0.717) is 31.1 Å². The maximum Gasteiger partial charge on any atom is 0.318 e. The zero-order chi connectivity index (χ0) is 24.5. The second-order valence-electron chi connectivity index (χ2n) is 10.5. The lowest BCUT2D eigenvalue weighted by Crippen LogP contribution is -2.38. The van der Waals surface area contributed by atoms with Gasteiger partial charge in [0.1, 0.15) is 12.4 Å². The maximum absolute atomic E-state index is 7.36. The Labute approximate surface area is 213 Å². The van der Waals surface area contributed by atoms with Gasteiger partial charge < -0.3 is 24.3 Å². The molecule has 0 spiro atoms. The lowest BCUT2D eigenvalue weighted by Gasteiger charge is -2.32. The van der Waals surface area contributed by atoms with E-state index in [1.54, 1.807) is 0 Å². The van der Waals surface area contributed by atoms with Gasteiger partial charge in [-0.2, -0.15) is 9.97 Å². The Kier molecular flexibility index (Phi) is 6.37. The molecule has 0 unspecified atom stereocenters. The number of piperidine rings is 1. The summed E-state index contributed by atoms with van der Waals surface area (Å²) in [5.74, 6) is 1.40. The number of hydrogen-bond acceptors (Lipinski definition) is 6. The first-order chi connectivity index (χ1) is 17.7. The van der Waals surface area contributed by atoms with Gasteiger partial charge in [-0.1, -0.05) is 36.4 Å². The normalized spacial score (nSPS) is 22.1. The third kappa shape index (κ3) is 4.46. The molecule has 0 amide bonds. The van der Waals surface area contributed by atoms with Crippen molar-refractivity contribution in [2.75, 3.05) is 49.6 Å². The van der Waals surface area contributed by atoms with Gasteiger partial charge in [0.2, 0.25) is 6.54 Å². The number of fused-ring (bicyclic) bond motifs is 2. The number of hydrogen-bond donors (Lipinski definition) is 0. The minimum absolute atomic E-state index is 0.397. The Bertz CT molecular complexity index is 1280. The van der Waals surface area contributed by atoms with E-state index in [-0.39, 0.29) is 0 Å². The van der Waals surface area contributed by atoms with Crippen molar-refractivity contribution in [1.82, 2.24) is 14.9 Å². The van der Waals surface area contributed by atoms with E-state index in [1.807, 2.05) is 0 Å². The van der Waals surface area contributed by atoms with Crippen molar-refractivity contribution in [3.63, 3.8) is 0 Å². The third-order valence-corrected chi connectivity index (χ3v) is 8.09. The molecule has 1 aromatic heterocycles. The number of nitrogens with zero attached hydrogens (tertiary/aromatic N) is 6. The Balaban J connectivity index is 1.32. The summed E-state index contributed by atoms with van der Waals surface area (Å²) in [5, 5.41) is 2.51. The van der Waals surface area contributed by atoms with Crippen molar-refractivity contribution in [2.45, 2.75) is 44.8 Å². The van der Waals surface area contributed by atoms with E-state index in [2.05, 4.69) is 69.1 Å². The molecule has 2 atom stereocenters. The quantitative estimate of drug-likeness (QED) is 0.472. The zero-order valence-electron chi connectivity index (χ0n) is 21.1. The first-order valence-corrected chi connectivity index (χ1v) is 13.2. The van der Waals surface area contributed by atoms with Crippen LogP contribution >= 0.6 is 0 Å². The number of likely N-dealkylation sites (N-methyl/N-ethyl adjacent to an activating group) is 1. The largest absolute Gasteiger partial charge is 0.462 e. The highest BCUT2D eigenvalue weighted by molar-refractivity contribution is 5.94. The van der Waals surface area contributed by atoms with Crippen LogP contribution in [0, 0.1) is 12.5 Å². The van der Waals surface area contributed by atoms with E-state index in [0.717, 1.165) is 63.5 Å². The summed E-state index contributed by atoms with van der Waals surface area (Å²) in [6.45, 7) is 13.1. The van der Waals surface area contributed by atoms with Crippen LogP contribution in [0.4, 0.5) is 11.5 Å². The lowest BCUT2D eigenvalue weighted by atomic mass is 9.98. The number of ether oxygens (including phenoxy) is 1. The fourth-order valence-electron chi connectivity index (χ4n) is 6.09. The monoisotopic (exact) mass is 482 g/mol. The van der Waals surface area contributed by atoms with Gasteiger partial charge in [0, 0.05) is 48.2 Å². The zero-order valence-corrected chi connectivity index (χ0v) is 21.1. The van der Waals surface area contributed by atoms with Crippen molar-refractivity contribution in [1.29, 1.82) is 0 Å². The van der Waals surface area contributed by atoms with E-state index in [9.17, 15) is 0 Å². The lowest BCUT2D eigenvalue weighted by molar-refractivity contribution is 0.187. The first-order valence-electron chi connectivity index (χ1n) is 13.2. The summed E-state index contributed by atoms with van der Waals surface area (Å²) in [7, 11) is 2.17. The van der Waals surface area contributed by atoms with Crippen molar-refractivity contribution in [2.24, 2.45) is 5.92 Å². The smallest absolute Gasteiger partial charge is 0.318 e. The van der Waals surface area contributed by atoms with E-state index >= 15 is 0 Å². The topological polar surface area (TPSA) is 49.1 Å². The molecule has 2 fully saturated rings. The van der Waals surface area contributed by atoms with Crippen LogP contribution < -0.4 is 14.5 Å². The van der Waals surface area contributed by atoms with Crippen LogP contribution in [0.3, 0.4) is 0 Å². The van der Waals surface area contributed by atoms with Crippen LogP contribution in [-0.4, -0.2) is 60.7 Å². The molecule has 0 N–H and O–H groups in total. The van der Waals surface area contributed by atoms with Gasteiger partial charge >= 0.3 is 6.01 Å². The van der Waals surface area contributed by atoms with Crippen LogP contribution in [-0.2, 0) is 13.1 Å². The average molecular weight is 483 g/mol. The average Bonchev–Trinajstić information content (AvgIpc) is 3.52. The molecule has 7 nitrogen and oxygen atoms in total. The molecule has 2 saturated heterocycles. The number of aromatic nitrogens is 2. The molecule has 0 saturated carbocycles. The minimum atomic E-state index is 0.397. The Morgan fingerprint density at radius 3 is 2.72 bits per heavy atom. The third-order valence-electron chi connectivity index (χ3n) is 8.09. The van der Waals surface area contributed by atoms with Gasteiger partial charge in [-0.15, -0.1) is 0 Å². The molecule has 0 bridgehead atoms. The fraction of sp³-hybridized carbons (Fsp3) is 0.483. The minimum Gasteiger partial charge on any atom is -0.462 e. The van der Waals surface area contributed by atoms with Gasteiger partial charge in [0.25, 0.3) is 0 Å². The molecule has 186 valence electrons. The second kappa shape index (κ2) is 9.94. The van der Waals surface area contributed by atoms with E-state index < -0.39 is 0 Å². The molecule has 3 aliphatic heterocycles. The number of anilines is 2. The molecule has 6 rings (SSSR count). The Morgan fingerprint density at radius 1 is 1.00 bits per heavy atom. The maximum atomic E-state index is 7.36. The van der Waals surface area contributed by atoms with Crippen LogP contribution in [0.25, 0.3) is 15.6 Å². The molecular formula is C29H34N6O. The molecule has 4 heterocycles. The Hall–Kier alpha value is -3.37. The molecular weight excluding hydrogens is 448 g/mol. The van der Waals surface area contributed by atoms with E-state index in [4.69, 9.17) is 21.3 Å². The summed E-state index contributed by atoms with van der Waals surface area (Å²) in [4.78, 5) is 20.8. The van der Waals surface area contributed by atoms with Crippen LogP contribution in [0.5, 0.6) is 6.01 Å². The van der Waals surface area contributed by atoms with Gasteiger partial charge in [-0.25, -0.2) is 6.57 Å². The summed E-state index contributed by atoms with van der Waals surface area (Å²) in [5.41, 5.74) is 3.50. The van der Waals surface area contributed by atoms with Crippen molar-refractivity contribution in [3.05, 3.63) is 65.1 Å². The van der Waals surface area contributed by atoms with Gasteiger partial charge in [-0.3, -0.25) is 0 Å². The highest BCUT2D eigenvalue weighted by Gasteiger charge is 2.32. The molecule has 2 aromatic carbocycles. The number of likely N-dealkylation sites (tertiary alicyclic amines) is 1. The van der Waals surface area contributed by atoms with Gasteiger partial charge in [-0.05, 0) is 50.7 Å². The first kappa shape index (κ1) is 23.1. The molecule has 36 heavy (non-hydrogen) atoms. The predicted molar refractivity (Wildman–Crippen MR) is 143 cm³/mol. The van der Waals surface area contributed by atoms with Gasteiger partial charge in [0.15, 0.2) is 0 Å².